The van der Waals surface area contributed by atoms with Crippen molar-refractivity contribution in [3.05, 3.63) is 35.9 Å². The van der Waals surface area contributed by atoms with Crippen LogP contribution in [0.15, 0.2) is 30.3 Å². The van der Waals surface area contributed by atoms with Crippen LogP contribution in [0.3, 0.4) is 0 Å². The molecule has 1 aromatic rings. The van der Waals surface area contributed by atoms with Crippen molar-refractivity contribution in [3.8, 4) is 6.07 Å². The molecule has 0 heterocycles. The molecule has 1 aromatic carbocycles. The lowest BCUT2D eigenvalue weighted by Crippen LogP contribution is -2.36. The fourth-order valence-electron chi connectivity index (χ4n) is 1.41. The summed E-state index contributed by atoms with van der Waals surface area (Å²) < 4.78 is 0. The number of benzene rings is 1. The summed E-state index contributed by atoms with van der Waals surface area (Å²) >= 11 is 0. The van der Waals surface area contributed by atoms with Gasteiger partial charge in [-0.2, -0.15) is 5.26 Å². The Morgan fingerprint density at radius 2 is 2.00 bits per heavy atom. The first-order chi connectivity index (χ1) is 8.06. The number of nitrogens with zero attached hydrogens (tertiary/aromatic N) is 1. The van der Waals surface area contributed by atoms with Crippen molar-refractivity contribution in [1.29, 1.82) is 5.26 Å². The van der Waals surface area contributed by atoms with Gasteiger partial charge in [0.1, 0.15) is 5.41 Å². The van der Waals surface area contributed by atoms with Crippen LogP contribution in [-0.4, -0.2) is 12.5 Å². The van der Waals surface area contributed by atoms with Crippen molar-refractivity contribution < 1.29 is 4.79 Å². The molecule has 0 aromatic heterocycles. The number of hydrogen-bond acceptors (Lipinski definition) is 2. The lowest BCUT2D eigenvalue weighted by Gasteiger charge is -2.14. The fraction of sp³-hybridized carbons (Fsp3) is 0.429. The first-order valence-corrected chi connectivity index (χ1v) is 5.80. The van der Waals surface area contributed by atoms with Gasteiger partial charge in [-0.15, -0.1) is 0 Å². The molecule has 1 rings (SSSR count). The van der Waals surface area contributed by atoms with Gasteiger partial charge in [0.15, 0.2) is 0 Å². The van der Waals surface area contributed by atoms with E-state index in [4.69, 9.17) is 5.26 Å². The molecule has 0 unspecified atom stereocenters. The maximum atomic E-state index is 11.6. The Labute approximate surface area is 102 Å². The molecule has 0 bridgehead atoms. The van der Waals surface area contributed by atoms with E-state index in [1.54, 1.807) is 13.8 Å². The van der Waals surface area contributed by atoms with Crippen LogP contribution >= 0.6 is 0 Å². The topological polar surface area (TPSA) is 52.9 Å². The second-order valence-corrected chi connectivity index (χ2v) is 4.58. The highest BCUT2D eigenvalue weighted by molar-refractivity contribution is 5.84. The SMILES string of the molecule is CC(C)(C#N)C(=O)NCCCc1ccccc1. The van der Waals surface area contributed by atoms with Gasteiger partial charge in [0.25, 0.3) is 0 Å². The number of carbonyl (C=O) groups excluding carboxylic acids is 1. The molecular weight excluding hydrogens is 212 g/mol. The zero-order valence-corrected chi connectivity index (χ0v) is 10.4. The maximum absolute atomic E-state index is 11.6. The van der Waals surface area contributed by atoms with Crippen LogP contribution in [0.1, 0.15) is 25.8 Å². The lowest BCUT2D eigenvalue weighted by molar-refractivity contribution is -0.126. The first kappa shape index (κ1) is 13.2. The summed E-state index contributed by atoms with van der Waals surface area (Å²) in [7, 11) is 0. The van der Waals surface area contributed by atoms with E-state index in [-0.39, 0.29) is 5.91 Å². The number of nitriles is 1. The summed E-state index contributed by atoms with van der Waals surface area (Å²) in [4.78, 5) is 11.6. The van der Waals surface area contributed by atoms with Gasteiger partial charge >= 0.3 is 0 Å². The summed E-state index contributed by atoms with van der Waals surface area (Å²) in [6.07, 6.45) is 1.82. The van der Waals surface area contributed by atoms with Gasteiger partial charge in [-0.1, -0.05) is 30.3 Å². The molecule has 3 nitrogen and oxygen atoms in total. The van der Waals surface area contributed by atoms with Crippen LogP contribution in [0.25, 0.3) is 0 Å². The first-order valence-electron chi connectivity index (χ1n) is 5.80. The normalized spacial score (nSPS) is 10.6. The van der Waals surface area contributed by atoms with E-state index in [9.17, 15) is 4.79 Å². The third-order valence-corrected chi connectivity index (χ3v) is 2.62. The quantitative estimate of drug-likeness (QED) is 0.789. The summed E-state index contributed by atoms with van der Waals surface area (Å²) in [5.41, 5.74) is 0.327. The van der Waals surface area contributed by atoms with Crippen molar-refractivity contribution in [3.63, 3.8) is 0 Å². The van der Waals surface area contributed by atoms with Gasteiger partial charge in [0.2, 0.25) is 5.91 Å². The molecule has 0 aliphatic rings. The van der Waals surface area contributed by atoms with Gasteiger partial charge in [-0.25, -0.2) is 0 Å². The lowest BCUT2D eigenvalue weighted by atomic mass is 9.95. The molecule has 1 amide bonds. The third kappa shape index (κ3) is 4.28. The van der Waals surface area contributed by atoms with Gasteiger partial charge in [0, 0.05) is 6.54 Å². The number of rotatable bonds is 5. The Kier molecular flexibility index (Phi) is 4.71. The number of amides is 1. The minimum absolute atomic E-state index is 0.201. The van der Waals surface area contributed by atoms with Crippen LogP contribution in [0.5, 0.6) is 0 Å². The molecule has 0 radical (unpaired) electrons. The van der Waals surface area contributed by atoms with Crippen molar-refractivity contribution >= 4 is 5.91 Å². The third-order valence-electron chi connectivity index (χ3n) is 2.62. The van der Waals surface area contributed by atoms with Crippen LogP contribution < -0.4 is 5.32 Å². The Morgan fingerprint density at radius 3 is 2.59 bits per heavy atom. The van der Waals surface area contributed by atoms with E-state index >= 15 is 0 Å². The minimum Gasteiger partial charge on any atom is -0.355 e. The summed E-state index contributed by atoms with van der Waals surface area (Å²) in [5.74, 6) is -0.201. The van der Waals surface area contributed by atoms with Crippen molar-refractivity contribution in [2.45, 2.75) is 26.7 Å². The maximum Gasteiger partial charge on any atom is 0.239 e. The standard InChI is InChI=1S/C14H18N2O/c1-14(2,11-15)13(17)16-10-6-9-12-7-4-3-5-8-12/h3-5,7-8H,6,9-10H2,1-2H3,(H,16,17). The summed E-state index contributed by atoms with van der Waals surface area (Å²) in [5, 5.41) is 11.6. The zero-order chi connectivity index (χ0) is 12.7. The Hall–Kier alpha value is -1.82. The number of nitrogens with one attached hydrogen (secondary N) is 1. The second kappa shape index (κ2) is 6.05. The molecule has 0 saturated heterocycles. The van der Waals surface area contributed by atoms with E-state index in [1.165, 1.54) is 5.56 Å². The predicted octanol–water partition coefficient (Wildman–Crippen LogP) is 2.29. The van der Waals surface area contributed by atoms with E-state index in [0.29, 0.717) is 6.54 Å². The molecule has 0 aliphatic carbocycles. The van der Waals surface area contributed by atoms with Crippen LogP contribution in [0, 0.1) is 16.7 Å². The highest BCUT2D eigenvalue weighted by atomic mass is 16.2. The average molecular weight is 230 g/mol. The smallest absolute Gasteiger partial charge is 0.239 e. The molecule has 0 fully saturated rings. The monoisotopic (exact) mass is 230 g/mol. The van der Waals surface area contributed by atoms with E-state index in [2.05, 4.69) is 17.4 Å². The summed E-state index contributed by atoms with van der Waals surface area (Å²) in [6, 6.07) is 12.1. The van der Waals surface area contributed by atoms with Crippen molar-refractivity contribution in [2.24, 2.45) is 5.41 Å². The zero-order valence-electron chi connectivity index (χ0n) is 10.4. The van der Waals surface area contributed by atoms with E-state index in [1.807, 2.05) is 24.3 Å². The van der Waals surface area contributed by atoms with Gasteiger partial charge in [-0.3, -0.25) is 4.79 Å². The highest BCUT2D eigenvalue weighted by Crippen LogP contribution is 2.12. The Bertz CT molecular complexity index is 404. The largest absolute Gasteiger partial charge is 0.355 e. The molecule has 0 aliphatic heterocycles. The molecule has 3 heteroatoms. The van der Waals surface area contributed by atoms with Gasteiger partial charge in [0.05, 0.1) is 6.07 Å². The van der Waals surface area contributed by atoms with Crippen molar-refractivity contribution in [2.75, 3.05) is 6.54 Å². The minimum atomic E-state index is -0.938. The predicted molar refractivity (Wildman–Crippen MR) is 67.2 cm³/mol. The van der Waals surface area contributed by atoms with Crippen LogP contribution in [0.2, 0.25) is 0 Å². The van der Waals surface area contributed by atoms with Gasteiger partial charge in [-0.05, 0) is 32.3 Å². The molecule has 0 saturated carbocycles. The number of carbonyl (C=O) groups is 1. The fourth-order valence-corrected chi connectivity index (χ4v) is 1.41. The van der Waals surface area contributed by atoms with E-state index < -0.39 is 5.41 Å². The number of aryl methyl sites for hydroxylation is 1. The highest BCUT2D eigenvalue weighted by Gasteiger charge is 2.26. The Morgan fingerprint density at radius 1 is 1.35 bits per heavy atom. The van der Waals surface area contributed by atoms with Crippen LogP contribution in [0.4, 0.5) is 0 Å². The van der Waals surface area contributed by atoms with E-state index in [0.717, 1.165) is 12.8 Å². The molecule has 0 spiro atoms. The molecule has 1 N–H and O–H groups in total. The molecular formula is C14H18N2O. The van der Waals surface area contributed by atoms with Gasteiger partial charge < -0.3 is 5.32 Å². The average Bonchev–Trinajstić information content (AvgIpc) is 2.35. The molecule has 17 heavy (non-hydrogen) atoms. The summed E-state index contributed by atoms with van der Waals surface area (Å²) in [6.45, 7) is 3.86. The second-order valence-electron chi connectivity index (χ2n) is 4.58. The Balaban J connectivity index is 2.26. The molecule has 0 atom stereocenters. The molecule has 90 valence electrons. The van der Waals surface area contributed by atoms with Crippen molar-refractivity contribution in [1.82, 2.24) is 5.32 Å². The van der Waals surface area contributed by atoms with Crippen LogP contribution in [-0.2, 0) is 11.2 Å². The number of hydrogen-bond donors (Lipinski definition) is 1.